The van der Waals surface area contributed by atoms with Crippen molar-refractivity contribution >= 4 is 17.2 Å². The van der Waals surface area contributed by atoms with Gasteiger partial charge in [-0.05, 0) is 36.4 Å². The fourth-order valence-electron chi connectivity index (χ4n) is 3.24. The van der Waals surface area contributed by atoms with Crippen molar-refractivity contribution in [1.29, 1.82) is 0 Å². The Morgan fingerprint density at radius 3 is 2.57 bits per heavy atom. The fraction of sp³-hybridized carbons (Fsp3) is 0.286. The summed E-state index contributed by atoms with van der Waals surface area (Å²) in [5.74, 6) is 0.856. The Balaban J connectivity index is 1.32. The summed E-state index contributed by atoms with van der Waals surface area (Å²) in [6, 6.07) is 13.4. The second-order valence-electron chi connectivity index (χ2n) is 6.66. The maximum Gasteiger partial charge on any atom is 0.272 e. The van der Waals surface area contributed by atoms with E-state index in [4.69, 9.17) is 9.72 Å². The van der Waals surface area contributed by atoms with Crippen LogP contribution in [0.3, 0.4) is 0 Å². The number of piperazine rings is 1. The van der Waals surface area contributed by atoms with Gasteiger partial charge in [-0.2, -0.15) is 0 Å². The summed E-state index contributed by atoms with van der Waals surface area (Å²) in [6.45, 7) is 3.91. The van der Waals surface area contributed by atoms with Gasteiger partial charge in [0.2, 0.25) is 0 Å². The van der Waals surface area contributed by atoms with Crippen molar-refractivity contribution in [3.8, 4) is 16.3 Å². The molecule has 7 heteroatoms. The van der Waals surface area contributed by atoms with Crippen LogP contribution in [0.2, 0.25) is 0 Å². The quantitative estimate of drug-likeness (QED) is 0.665. The van der Waals surface area contributed by atoms with Gasteiger partial charge in [0.25, 0.3) is 5.91 Å². The molecular formula is C21H22N4O2S. The second-order valence-corrected chi connectivity index (χ2v) is 7.51. The second kappa shape index (κ2) is 8.50. The Morgan fingerprint density at radius 1 is 1.11 bits per heavy atom. The Labute approximate surface area is 168 Å². The van der Waals surface area contributed by atoms with E-state index in [1.165, 1.54) is 0 Å². The minimum absolute atomic E-state index is 0.00991. The highest BCUT2D eigenvalue weighted by Crippen LogP contribution is 2.26. The lowest BCUT2D eigenvalue weighted by Crippen LogP contribution is -2.48. The van der Waals surface area contributed by atoms with Gasteiger partial charge >= 0.3 is 0 Å². The number of carbonyl (C=O) groups is 1. The van der Waals surface area contributed by atoms with Crippen LogP contribution in [-0.4, -0.2) is 59.0 Å². The molecule has 0 N–H and O–H groups in total. The monoisotopic (exact) mass is 394 g/mol. The molecule has 1 amide bonds. The number of methoxy groups -OCH3 is 1. The van der Waals surface area contributed by atoms with E-state index in [0.29, 0.717) is 18.8 Å². The molecule has 1 fully saturated rings. The summed E-state index contributed by atoms with van der Waals surface area (Å²) in [4.78, 5) is 25.7. The van der Waals surface area contributed by atoms with Crippen molar-refractivity contribution in [2.24, 2.45) is 0 Å². The molecule has 0 spiro atoms. The summed E-state index contributed by atoms with van der Waals surface area (Å²) in [5.41, 5.74) is 2.68. The van der Waals surface area contributed by atoms with Crippen LogP contribution in [0.5, 0.6) is 5.75 Å². The molecule has 4 rings (SSSR count). The summed E-state index contributed by atoms with van der Waals surface area (Å²) >= 11 is 1.66. The normalized spacial score (nSPS) is 14.8. The number of nitrogens with zero attached hydrogens (tertiary/aromatic N) is 4. The molecule has 0 bridgehead atoms. The molecule has 6 nitrogen and oxygen atoms in total. The number of aromatic nitrogens is 2. The number of thiazole rings is 1. The average Bonchev–Trinajstić information content (AvgIpc) is 3.23. The van der Waals surface area contributed by atoms with Crippen LogP contribution in [-0.2, 0) is 6.54 Å². The topological polar surface area (TPSA) is 58.6 Å². The summed E-state index contributed by atoms with van der Waals surface area (Å²) in [6.07, 6.45) is 1.66. The third-order valence-electron chi connectivity index (χ3n) is 4.82. The van der Waals surface area contributed by atoms with E-state index in [1.54, 1.807) is 30.7 Å². The van der Waals surface area contributed by atoms with Crippen LogP contribution >= 0.6 is 11.3 Å². The van der Waals surface area contributed by atoms with Gasteiger partial charge in [-0.1, -0.05) is 6.07 Å². The average molecular weight is 395 g/mol. The van der Waals surface area contributed by atoms with E-state index in [9.17, 15) is 4.79 Å². The van der Waals surface area contributed by atoms with Crippen molar-refractivity contribution in [2.45, 2.75) is 6.54 Å². The zero-order valence-electron chi connectivity index (χ0n) is 15.7. The van der Waals surface area contributed by atoms with E-state index < -0.39 is 0 Å². The van der Waals surface area contributed by atoms with Crippen LogP contribution in [0.4, 0.5) is 0 Å². The van der Waals surface area contributed by atoms with Crippen molar-refractivity contribution in [3.63, 3.8) is 0 Å². The first kappa shape index (κ1) is 18.6. The van der Waals surface area contributed by atoms with E-state index in [2.05, 4.69) is 15.3 Å². The van der Waals surface area contributed by atoms with Gasteiger partial charge in [0.05, 0.1) is 12.8 Å². The first-order valence-electron chi connectivity index (χ1n) is 9.24. The highest BCUT2D eigenvalue weighted by atomic mass is 32.1. The molecule has 0 aliphatic carbocycles. The van der Waals surface area contributed by atoms with E-state index >= 15 is 0 Å². The number of carbonyl (C=O) groups excluding carboxylic acids is 1. The standard InChI is InChI=1S/C21H22N4O2S/c1-27-18-7-5-16(6-8-18)20-23-17(15-28-20)14-24-10-12-25(13-11-24)21(26)19-4-2-3-9-22-19/h2-9,15H,10-14H2,1H3. The Hall–Kier alpha value is -2.77. The molecule has 144 valence electrons. The molecular weight excluding hydrogens is 372 g/mol. The fourth-order valence-corrected chi connectivity index (χ4v) is 4.05. The maximum atomic E-state index is 12.5. The van der Waals surface area contributed by atoms with Gasteiger partial charge in [0, 0.05) is 49.9 Å². The first-order valence-corrected chi connectivity index (χ1v) is 10.1. The number of rotatable bonds is 5. The summed E-state index contributed by atoms with van der Waals surface area (Å²) in [7, 11) is 1.67. The number of pyridine rings is 1. The van der Waals surface area contributed by atoms with Gasteiger partial charge < -0.3 is 9.64 Å². The largest absolute Gasteiger partial charge is 0.497 e. The highest BCUT2D eigenvalue weighted by Gasteiger charge is 2.23. The number of hydrogen-bond acceptors (Lipinski definition) is 6. The van der Waals surface area contributed by atoms with E-state index in [-0.39, 0.29) is 5.91 Å². The third-order valence-corrected chi connectivity index (χ3v) is 5.76. The van der Waals surface area contributed by atoms with Crippen molar-refractivity contribution < 1.29 is 9.53 Å². The van der Waals surface area contributed by atoms with Crippen LogP contribution in [0, 0.1) is 0 Å². The van der Waals surface area contributed by atoms with Gasteiger partial charge in [-0.15, -0.1) is 11.3 Å². The molecule has 1 aliphatic rings. The summed E-state index contributed by atoms with van der Waals surface area (Å²) in [5, 5.41) is 3.13. The number of ether oxygens (including phenoxy) is 1. The molecule has 0 atom stereocenters. The molecule has 1 aliphatic heterocycles. The number of amides is 1. The number of hydrogen-bond donors (Lipinski definition) is 0. The number of benzene rings is 1. The lowest BCUT2D eigenvalue weighted by atomic mass is 10.2. The SMILES string of the molecule is COc1ccc(-c2nc(CN3CCN(C(=O)c4ccccn4)CC3)cs2)cc1. The lowest BCUT2D eigenvalue weighted by molar-refractivity contribution is 0.0621. The third kappa shape index (κ3) is 4.21. The molecule has 1 saturated heterocycles. The van der Waals surface area contributed by atoms with Crippen LogP contribution in [0.1, 0.15) is 16.2 Å². The maximum absolute atomic E-state index is 12.5. The zero-order valence-corrected chi connectivity index (χ0v) is 16.6. The van der Waals surface area contributed by atoms with Crippen molar-refractivity contribution in [2.75, 3.05) is 33.3 Å². The smallest absolute Gasteiger partial charge is 0.272 e. The predicted octanol–water partition coefficient (Wildman–Crippen LogP) is 3.17. The highest BCUT2D eigenvalue weighted by molar-refractivity contribution is 7.13. The van der Waals surface area contributed by atoms with Crippen LogP contribution in [0.15, 0.2) is 54.0 Å². The Bertz CT molecular complexity index is 919. The molecule has 3 aromatic rings. The molecule has 3 heterocycles. The molecule has 28 heavy (non-hydrogen) atoms. The minimum atomic E-state index is 0.00991. The Morgan fingerprint density at radius 2 is 1.89 bits per heavy atom. The summed E-state index contributed by atoms with van der Waals surface area (Å²) < 4.78 is 5.21. The van der Waals surface area contributed by atoms with Crippen LogP contribution < -0.4 is 4.74 Å². The molecule has 0 radical (unpaired) electrons. The van der Waals surface area contributed by atoms with Crippen molar-refractivity contribution in [3.05, 3.63) is 65.4 Å². The predicted molar refractivity (Wildman–Crippen MR) is 110 cm³/mol. The van der Waals surface area contributed by atoms with Crippen molar-refractivity contribution in [1.82, 2.24) is 19.8 Å². The zero-order chi connectivity index (χ0) is 19.3. The van der Waals surface area contributed by atoms with E-state index in [1.807, 2.05) is 41.3 Å². The lowest BCUT2D eigenvalue weighted by Gasteiger charge is -2.34. The molecule has 2 aromatic heterocycles. The van der Waals surface area contributed by atoms with E-state index in [0.717, 1.165) is 41.6 Å². The van der Waals surface area contributed by atoms with Crippen LogP contribution in [0.25, 0.3) is 10.6 Å². The minimum Gasteiger partial charge on any atom is -0.497 e. The van der Waals surface area contributed by atoms with Gasteiger partial charge in [0.15, 0.2) is 0 Å². The van der Waals surface area contributed by atoms with Gasteiger partial charge in [-0.25, -0.2) is 4.98 Å². The molecule has 1 aromatic carbocycles. The van der Waals surface area contributed by atoms with Gasteiger partial charge in [-0.3, -0.25) is 14.7 Å². The first-order chi connectivity index (χ1) is 13.7. The Kier molecular flexibility index (Phi) is 5.64. The molecule has 0 unspecified atom stereocenters. The van der Waals surface area contributed by atoms with Gasteiger partial charge in [0.1, 0.15) is 16.5 Å². The molecule has 0 saturated carbocycles.